The molecule has 0 saturated heterocycles. The van der Waals surface area contributed by atoms with Gasteiger partial charge in [-0.15, -0.1) is 0 Å². The molecule has 0 aliphatic heterocycles. The molecule has 0 fully saturated rings. The maximum atomic E-state index is 13.2. The molecule has 0 saturated carbocycles. The first-order chi connectivity index (χ1) is 16.2. The zero-order chi connectivity index (χ0) is 24.8. The van der Waals surface area contributed by atoms with Crippen LogP contribution in [0.5, 0.6) is 0 Å². The van der Waals surface area contributed by atoms with E-state index in [-0.39, 0.29) is 16.9 Å². The van der Waals surface area contributed by atoms with Gasteiger partial charge in [0.05, 0.1) is 41.4 Å². The van der Waals surface area contributed by atoms with E-state index in [9.17, 15) is 13.4 Å². The fourth-order valence-electron chi connectivity index (χ4n) is 3.08. The largest absolute Gasteiger partial charge is 0.433 e. The van der Waals surface area contributed by atoms with Gasteiger partial charge in [-0.05, 0) is 36.6 Å². The van der Waals surface area contributed by atoms with Crippen LogP contribution < -0.4 is 5.32 Å². The summed E-state index contributed by atoms with van der Waals surface area (Å²) in [6.07, 6.45) is 8.13. The van der Waals surface area contributed by atoms with Crippen LogP contribution in [0.4, 0.5) is 4.39 Å². The van der Waals surface area contributed by atoms with Crippen molar-refractivity contribution in [2.45, 2.75) is 45.4 Å². The number of carbonyl (C=O) groups excluding carboxylic acids is 1. The van der Waals surface area contributed by atoms with Crippen LogP contribution in [0.1, 0.15) is 56.3 Å². The highest BCUT2D eigenvalue weighted by atomic mass is 32.2. The predicted octanol–water partition coefficient (Wildman–Crippen LogP) is 4.83. The predicted molar refractivity (Wildman–Crippen MR) is 129 cm³/mol. The number of oxazole rings is 1. The maximum absolute atomic E-state index is 13.2. The van der Waals surface area contributed by atoms with Crippen LogP contribution in [-0.2, 0) is 10.8 Å². The van der Waals surface area contributed by atoms with Gasteiger partial charge < -0.3 is 9.73 Å². The second-order valence-electron chi connectivity index (χ2n) is 8.30. The van der Waals surface area contributed by atoms with Crippen molar-refractivity contribution in [3.05, 3.63) is 66.2 Å². The number of nitrogens with one attached hydrogen (secondary N) is 1. The summed E-state index contributed by atoms with van der Waals surface area (Å²) in [6.45, 7) is 8.39. The van der Waals surface area contributed by atoms with Gasteiger partial charge in [0.25, 0.3) is 11.1 Å². The number of aromatic nitrogens is 4. The fourth-order valence-corrected chi connectivity index (χ4v) is 3.50. The summed E-state index contributed by atoms with van der Waals surface area (Å²) < 4.78 is 31.9. The van der Waals surface area contributed by atoms with Crippen LogP contribution >= 0.6 is 0 Å². The van der Waals surface area contributed by atoms with Gasteiger partial charge in [0.15, 0.2) is 0 Å². The van der Waals surface area contributed by atoms with Crippen molar-refractivity contribution in [3.63, 3.8) is 0 Å². The molecule has 2 unspecified atom stereocenters. The van der Waals surface area contributed by atoms with Gasteiger partial charge in [-0.3, -0.25) is 9.78 Å². The zero-order valence-corrected chi connectivity index (χ0v) is 20.6. The monoisotopic (exact) mass is 485 g/mol. The molecule has 34 heavy (non-hydrogen) atoms. The quantitative estimate of drug-likeness (QED) is 0.420. The molecule has 8 nitrogen and oxygen atoms in total. The molecule has 2 atom stereocenters. The molecular formula is C24H28FN5O3S. The molecule has 0 aliphatic rings. The molecule has 0 aliphatic carbocycles. The molecule has 1 amide bonds. The molecule has 4 aromatic rings. The number of hydrogen-bond acceptors (Lipinski definition) is 6. The van der Waals surface area contributed by atoms with E-state index in [1.54, 1.807) is 29.2 Å². The highest BCUT2D eigenvalue weighted by molar-refractivity contribution is 7.84. The van der Waals surface area contributed by atoms with Crippen LogP contribution in [-0.4, -0.2) is 36.1 Å². The van der Waals surface area contributed by atoms with Gasteiger partial charge in [0.1, 0.15) is 22.4 Å². The number of halogens is 1. The average Bonchev–Trinajstić information content (AvgIpc) is 3.45. The summed E-state index contributed by atoms with van der Waals surface area (Å²) >= 11 is 0. The van der Waals surface area contributed by atoms with E-state index >= 15 is 0 Å². The Labute approximate surface area is 200 Å². The van der Waals surface area contributed by atoms with Crippen molar-refractivity contribution < 1.29 is 17.8 Å². The summed E-state index contributed by atoms with van der Waals surface area (Å²) in [5, 5.41) is 7.95. The number of benzene rings is 1. The van der Waals surface area contributed by atoms with Gasteiger partial charge >= 0.3 is 0 Å². The standard InChI is InChI=1S/C20H18FN5O3S.C4H10/c1-3-16(18-11-23-20(29-18)30(2)28)25-19(27)15-8-22-10-17-14(15)9-24-26(17)13-6-4-12(21)5-7-13;1-4(2)3/h4-11,16H,3H2,1-2H3,(H,25,27);4H,1-3H3. The Morgan fingerprint density at radius 1 is 1.15 bits per heavy atom. The Bertz CT molecular complexity index is 1280. The summed E-state index contributed by atoms with van der Waals surface area (Å²) in [7, 11) is -1.35. The molecule has 3 aromatic heterocycles. The summed E-state index contributed by atoms with van der Waals surface area (Å²) in [4.78, 5) is 21.1. The topological polar surface area (TPSA) is 103 Å². The molecule has 180 valence electrons. The molecule has 10 heteroatoms. The second-order valence-corrected chi connectivity index (χ2v) is 9.56. The second kappa shape index (κ2) is 11.1. The number of pyridine rings is 1. The van der Waals surface area contributed by atoms with Crippen molar-refractivity contribution in [2.75, 3.05) is 6.26 Å². The number of fused-ring (bicyclic) bond motifs is 1. The lowest BCUT2D eigenvalue weighted by Crippen LogP contribution is -2.28. The Hall–Kier alpha value is -3.40. The molecule has 0 spiro atoms. The summed E-state index contributed by atoms with van der Waals surface area (Å²) in [5.41, 5.74) is 1.61. The first-order valence-corrected chi connectivity index (χ1v) is 12.4. The zero-order valence-electron chi connectivity index (χ0n) is 19.8. The van der Waals surface area contributed by atoms with Crippen LogP contribution in [0.25, 0.3) is 16.6 Å². The van der Waals surface area contributed by atoms with Crippen LogP contribution in [0.3, 0.4) is 0 Å². The van der Waals surface area contributed by atoms with E-state index in [4.69, 9.17) is 4.42 Å². The third kappa shape index (κ3) is 5.93. The molecule has 4 rings (SSSR count). The van der Waals surface area contributed by atoms with Crippen molar-refractivity contribution in [1.29, 1.82) is 0 Å². The Balaban J connectivity index is 0.000000751. The molecule has 0 radical (unpaired) electrons. The van der Waals surface area contributed by atoms with Gasteiger partial charge in [0.2, 0.25) is 0 Å². The van der Waals surface area contributed by atoms with E-state index in [1.165, 1.54) is 30.8 Å². The molecule has 0 bridgehead atoms. The van der Waals surface area contributed by atoms with Crippen LogP contribution in [0.2, 0.25) is 0 Å². The lowest BCUT2D eigenvalue weighted by molar-refractivity contribution is 0.0930. The molecular weight excluding hydrogens is 457 g/mol. The summed E-state index contributed by atoms with van der Waals surface area (Å²) in [5.74, 6) is 0.564. The number of hydrogen-bond donors (Lipinski definition) is 1. The van der Waals surface area contributed by atoms with Crippen molar-refractivity contribution in [3.8, 4) is 5.69 Å². The smallest absolute Gasteiger partial charge is 0.286 e. The third-order valence-electron chi connectivity index (χ3n) is 4.62. The minimum absolute atomic E-state index is 0.113. The number of amides is 1. The first kappa shape index (κ1) is 25.2. The molecule has 3 heterocycles. The SMILES string of the molecule is CC(C)C.CCC(NC(=O)c1cncc2c1cnn2-c1ccc(F)cc1)c1cnc(S(C)=O)o1. The fraction of sp³-hybridized carbons (Fsp3) is 0.333. The molecule has 1 N–H and O–H groups in total. The van der Waals surface area contributed by atoms with Gasteiger partial charge in [-0.25, -0.2) is 18.3 Å². The van der Waals surface area contributed by atoms with Crippen LogP contribution in [0.15, 0.2) is 58.7 Å². The number of nitrogens with zero attached hydrogens (tertiary/aromatic N) is 4. The highest BCUT2D eigenvalue weighted by Crippen LogP contribution is 2.23. The maximum Gasteiger partial charge on any atom is 0.286 e. The van der Waals surface area contributed by atoms with E-state index < -0.39 is 16.8 Å². The van der Waals surface area contributed by atoms with Crippen molar-refractivity contribution in [2.24, 2.45) is 5.92 Å². The van der Waals surface area contributed by atoms with E-state index in [1.807, 2.05) is 6.92 Å². The number of carbonyl (C=O) groups is 1. The van der Waals surface area contributed by atoms with Gasteiger partial charge in [0, 0.05) is 17.8 Å². The Kier molecular flexibility index (Phi) is 8.27. The van der Waals surface area contributed by atoms with E-state index in [0.29, 0.717) is 34.3 Å². The first-order valence-electron chi connectivity index (χ1n) is 10.9. The number of rotatable bonds is 6. The molecule has 1 aromatic carbocycles. The lowest BCUT2D eigenvalue weighted by Gasteiger charge is -2.14. The highest BCUT2D eigenvalue weighted by Gasteiger charge is 2.21. The van der Waals surface area contributed by atoms with E-state index in [2.05, 4.69) is 41.2 Å². The van der Waals surface area contributed by atoms with Crippen molar-refractivity contribution in [1.82, 2.24) is 25.1 Å². The van der Waals surface area contributed by atoms with Gasteiger partial charge in [-0.1, -0.05) is 27.7 Å². The van der Waals surface area contributed by atoms with Gasteiger partial charge in [-0.2, -0.15) is 5.10 Å². The van der Waals surface area contributed by atoms with Crippen LogP contribution in [0, 0.1) is 11.7 Å². The average molecular weight is 486 g/mol. The van der Waals surface area contributed by atoms with Crippen molar-refractivity contribution >= 4 is 27.6 Å². The normalized spacial score (nSPS) is 12.8. The minimum Gasteiger partial charge on any atom is -0.433 e. The lowest BCUT2D eigenvalue weighted by atomic mass is 10.1. The third-order valence-corrected chi connectivity index (χ3v) is 5.30. The Morgan fingerprint density at radius 2 is 1.82 bits per heavy atom. The Morgan fingerprint density at radius 3 is 2.41 bits per heavy atom. The summed E-state index contributed by atoms with van der Waals surface area (Å²) in [6, 6.07) is 5.44. The van der Waals surface area contributed by atoms with E-state index in [0.717, 1.165) is 5.92 Å². The minimum atomic E-state index is -1.35.